The quantitative estimate of drug-likeness (QED) is 0.00454. The number of hydrogen-bond donors (Lipinski definition) is 17. The number of aromatic nitrogens is 1. The monoisotopic (exact) mass is 1640 g/mol. The first kappa shape index (κ1) is 86.9. The zero-order valence-electron chi connectivity index (χ0n) is 60.5. The lowest BCUT2D eigenvalue weighted by Gasteiger charge is -2.19. The molecule has 606 valence electrons. The summed E-state index contributed by atoms with van der Waals surface area (Å²) in [5, 5.41) is 129. The first-order chi connectivity index (χ1) is 53.8. The second kappa shape index (κ2) is 38.5. The SMILES string of the molecule is CCCC[C@H](N=C(O)[C@H](Cc1ccc(OS(=O)(=O)O)cc1)N=C(O)[C@H](CC(=O)O)N=C(O)CN=C(O)c1ccc(-c2c3ccc(=[NH2+])c(S(=O)(=O)O)c-3oc3c(S(=O)(=O)O)c(N)ccc23)c(C(=O)O)c1)C(O)=NCC(O)=N[C@@H](Cc1c[nH]c2ccccc12)C(O)=N[C@@H](CCCC)C(O)=N[C@@H](CC(=O)O)C(=O)OCCc1ccccc1. The first-order valence-corrected chi connectivity index (χ1v) is 38.8. The van der Waals surface area contributed by atoms with Crippen LogP contribution in [0.2, 0.25) is 0 Å². The molecule has 1 aromatic heterocycles. The number of carboxylic acid groups (broad SMARTS) is 3. The van der Waals surface area contributed by atoms with Gasteiger partial charge in [-0.05, 0) is 83.6 Å². The number of aliphatic imine (C=N–C) groups is 8. The van der Waals surface area contributed by atoms with Gasteiger partial charge < -0.3 is 80.2 Å². The number of aromatic amines is 1. The number of fused-ring (bicyclic) bond motifs is 3. The van der Waals surface area contributed by atoms with Crippen molar-refractivity contribution in [3.63, 3.8) is 0 Å². The number of nitrogens with one attached hydrogen (secondary N) is 1. The number of ether oxygens (including phenoxy) is 1. The average Bonchev–Trinajstić information content (AvgIpc) is 0.897. The molecule has 0 radical (unpaired) electrons. The number of esters is 1. The molecular formula is C73H80N11O27S3+. The summed E-state index contributed by atoms with van der Waals surface area (Å²) in [7, 11) is -15.7. The van der Waals surface area contributed by atoms with E-state index in [-0.39, 0.29) is 66.4 Å². The molecule has 6 atom stereocenters. The fourth-order valence-corrected chi connectivity index (χ4v) is 13.6. The maximum Gasteiger partial charge on any atom is 0.446 e. The van der Waals surface area contributed by atoms with Crippen LogP contribution in [0, 0.1) is 0 Å². The van der Waals surface area contributed by atoms with E-state index < -0.39 is 219 Å². The molecule has 8 rings (SSSR count). The Balaban J connectivity index is 1.12. The molecule has 0 bridgehead atoms. The van der Waals surface area contributed by atoms with Crippen LogP contribution >= 0.6 is 0 Å². The number of hydrogen-bond acceptors (Lipinski definition) is 22. The molecule has 0 unspecified atom stereocenters. The molecule has 2 aliphatic rings. The Morgan fingerprint density at radius 3 is 1.70 bits per heavy atom. The van der Waals surface area contributed by atoms with Crippen molar-refractivity contribution in [1.82, 2.24) is 4.98 Å². The van der Waals surface area contributed by atoms with E-state index in [1.807, 2.05) is 6.92 Å². The summed E-state index contributed by atoms with van der Waals surface area (Å²) in [6.07, 6.45) is 0.648. The number of carbonyl (C=O) groups excluding carboxylic acids is 1. The van der Waals surface area contributed by atoms with Gasteiger partial charge in [-0.15, -0.1) is 0 Å². The van der Waals surface area contributed by atoms with E-state index in [0.717, 1.165) is 60.2 Å². The van der Waals surface area contributed by atoms with Crippen molar-refractivity contribution in [3.05, 3.63) is 161 Å². The lowest BCUT2D eigenvalue weighted by Crippen LogP contribution is -2.47. The van der Waals surface area contributed by atoms with Gasteiger partial charge in [-0.25, -0.2) is 49.5 Å². The number of carbonyl (C=O) groups is 4. The normalized spacial score (nSPS) is 15.0. The molecule has 5 aromatic carbocycles. The smallest absolute Gasteiger partial charge is 0.446 e. The third kappa shape index (κ3) is 23.7. The van der Waals surface area contributed by atoms with Crippen molar-refractivity contribution in [2.45, 2.75) is 131 Å². The summed E-state index contributed by atoms with van der Waals surface area (Å²) in [4.78, 5) is 84.5. The van der Waals surface area contributed by atoms with Gasteiger partial charge in [0, 0.05) is 64.5 Å². The van der Waals surface area contributed by atoms with Gasteiger partial charge in [0.2, 0.25) is 57.4 Å². The molecule has 1 aliphatic carbocycles. The average molecular weight is 1640 g/mol. The van der Waals surface area contributed by atoms with E-state index in [1.165, 1.54) is 12.1 Å². The fraction of sp³-hybridized carbons (Fsp3) is 0.301. The maximum absolute atomic E-state index is 13.3. The number of aliphatic hydroxyl groups excluding tert-OH is 8. The second-order valence-corrected chi connectivity index (χ2v) is 29.2. The Bertz CT molecular complexity index is 5550. The minimum absolute atomic E-state index is 0.00304. The minimum atomic E-state index is -5.32. The minimum Gasteiger partial charge on any atom is -0.495 e. The highest BCUT2D eigenvalue weighted by atomic mass is 32.3. The van der Waals surface area contributed by atoms with E-state index in [2.05, 4.69) is 49.1 Å². The van der Waals surface area contributed by atoms with Gasteiger partial charge in [0.25, 0.3) is 10.1 Å². The van der Waals surface area contributed by atoms with Crippen LogP contribution in [-0.2, 0) is 69.0 Å². The van der Waals surface area contributed by atoms with Gasteiger partial charge in [-0.2, -0.15) is 25.3 Å². The summed E-state index contributed by atoms with van der Waals surface area (Å²) >= 11 is 0. The number of benzene rings is 6. The lowest BCUT2D eigenvalue weighted by molar-refractivity contribution is -0.176. The number of carboxylic acids is 3. The Kier molecular flexibility index (Phi) is 29.3. The second-order valence-electron chi connectivity index (χ2n) is 25.5. The molecule has 0 fully saturated rings. The molecule has 2 heterocycles. The number of unbranched alkanes of at least 4 members (excludes halogenated alkanes) is 2. The van der Waals surface area contributed by atoms with Gasteiger partial charge in [0.15, 0.2) is 22.3 Å². The molecule has 1 aliphatic heterocycles. The fourth-order valence-electron chi connectivity index (χ4n) is 11.8. The molecule has 0 saturated heterocycles. The molecule has 0 saturated carbocycles. The third-order valence-electron chi connectivity index (χ3n) is 17.1. The van der Waals surface area contributed by atoms with Gasteiger partial charge in [0.1, 0.15) is 49.0 Å². The lowest BCUT2D eigenvalue weighted by atomic mass is 9.89. The zero-order valence-corrected chi connectivity index (χ0v) is 63.0. The van der Waals surface area contributed by atoms with Gasteiger partial charge in [0.05, 0.1) is 30.7 Å². The van der Waals surface area contributed by atoms with Crippen LogP contribution < -0.4 is 20.7 Å². The van der Waals surface area contributed by atoms with E-state index in [1.54, 1.807) is 67.7 Å². The van der Waals surface area contributed by atoms with E-state index >= 15 is 0 Å². The number of nitrogens with zero attached hydrogens (tertiary/aromatic N) is 8. The van der Waals surface area contributed by atoms with Crippen molar-refractivity contribution in [2.75, 3.05) is 25.4 Å². The maximum atomic E-state index is 13.3. The topological polar surface area (TPSA) is 652 Å². The molecule has 19 N–H and O–H groups in total. The van der Waals surface area contributed by atoms with Gasteiger partial charge >= 0.3 is 44.4 Å². The third-order valence-corrected chi connectivity index (χ3v) is 19.4. The Hall–Kier alpha value is -12.7. The highest BCUT2D eigenvalue weighted by Gasteiger charge is 2.35. The van der Waals surface area contributed by atoms with Crippen molar-refractivity contribution in [2.24, 2.45) is 39.9 Å². The highest BCUT2D eigenvalue weighted by molar-refractivity contribution is 7.86. The molecule has 38 nitrogen and oxygen atoms in total. The highest BCUT2D eigenvalue weighted by Crippen LogP contribution is 2.46. The van der Waals surface area contributed by atoms with Gasteiger partial charge in [-0.3, -0.25) is 28.7 Å². The predicted molar refractivity (Wildman–Crippen MR) is 415 cm³/mol. The summed E-state index contributed by atoms with van der Waals surface area (Å²) in [6, 6.07) is 17.8. The number of nitrogen functional groups attached to an aromatic ring is 1. The van der Waals surface area contributed by atoms with E-state index in [4.69, 9.17) is 20.3 Å². The van der Waals surface area contributed by atoms with Gasteiger partial charge in [-0.1, -0.05) is 106 Å². The van der Waals surface area contributed by atoms with Crippen LogP contribution in [0.4, 0.5) is 5.69 Å². The van der Waals surface area contributed by atoms with Crippen molar-refractivity contribution < 1.29 is 133 Å². The largest absolute Gasteiger partial charge is 0.495 e. The van der Waals surface area contributed by atoms with Crippen molar-refractivity contribution >= 4 is 129 Å². The van der Waals surface area contributed by atoms with Crippen LogP contribution in [0.25, 0.3) is 44.3 Å². The predicted octanol–water partition coefficient (Wildman–Crippen LogP) is 7.11. The van der Waals surface area contributed by atoms with Crippen LogP contribution in [-0.4, -0.2) is 227 Å². The van der Waals surface area contributed by atoms with Crippen LogP contribution in [0.5, 0.6) is 5.75 Å². The summed E-state index contributed by atoms with van der Waals surface area (Å²) in [5.74, 6) is -14.8. The summed E-state index contributed by atoms with van der Waals surface area (Å²) < 4.78 is 119. The Morgan fingerprint density at radius 1 is 0.553 bits per heavy atom. The number of H-pyrrole nitrogens is 1. The number of aliphatic hydroxyl groups is 8. The number of rotatable bonds is 40. The summed E-state index contributed by atoms with van der Waals surface area (Å²) in [6.45, 7) is 1.52. The van der Waals surface area contributed by atoms with Crippen LogP contribution in [0.15, 0.2) is 182 Å². The van der Waals surface area contributed by atoms with Crippen LogP contribution in [0.1, 0.15) is 97.8 Å². The van der Waals surface area contributed by atoms with E-state index in [9.17, 15) is 114 Å². The number of aromatic carboxylic acids is 1. The zero-order chi connectivity index (χ0) is 83.5. The number of nitrogens with two attached hydrogens (primary N) is 2. The molecule has 0 amide bonds. The Labute approximate surface area is 648 Å². The molecule has 6 aromatic rings. The molecule has 114 heavy (non-hydrogen) atoms. The van der Waals surface area contributed by atoms with Crippen LogP contribution in [0.3, 0.4) is 0 Å². The number of para-hydroxylation sites is 1. The standard InChI is InChI=1S/C73H79N11O27S3/c1-3-5-15-51(67(92)78-37-58(86)79-54(32-41-35-76-50-17-11-10-14-43(41)50)70(95)82-52(16-6-4-2)68(93)84-56(34-60(89)90)73(99)109-29-28-38-12-8-7-9-13-38)81-69(94)53(30-39-18-21-42(22-19-39)111-114(106,107)108)83-71(96)55(33-59(87)88)80-57(85)36-77-66(91)40-20-23-44(47(31-40)72(97)98)61-45-24-26-48(74)64(112(100,101)102)62(45)110-63-46(61)25-27-49(75)65(63)113(103,104)105/h7-14,17-27,31,35,51-56,74,76H,3-6,15-16,28-30,32-34,36-37,75H2,1-2H3,(H,77,91)(H,78,92)(H,79,86)(H,80,85)(H,81,94)(H,82,95)(H,83,96)(H,84,93)(H,87,88)(H,89,90)(H,97,98)(H,100,101,102)(H,103,104,105)(H,106,107,108)/p+1/t51-,52-,53-,54-,55-,56-/m0/s1. The molecule has 0 spiro atoms. The molecule has 41 heteroatoms. The van der Waals surface area contributed by atoms with Crippen molar-refractivity contribution in [3.8, 4) is 28.2 Å². The first-order valence-electron chi connectivity index (χ1n) is 34.6. The Morgan fingerprint density at radius 2 is 1.10 bits per heavy atom. The summed E-state index contributed by atoms with van der Waals surface area (Å²) in [5.41, 5.74) is 4.60. The number of anilines is 1. The van der Waals surface area contributed by atoms with E-state index in [0.29, 0.717) is 35.7 Å². The number of aliphatic carboxylic acids is 2. The molecular weight excluding hydrogens is 1560 g/mol. The van der Waals surface area contributed by atoms with Crippen molar-refractivity contribution in [1.29, 1.82) is 0 Å².